The van der Waals surface area contributed by atoms with Crippen molar-refractivity contribution < 1.29 is 14.0 Å². The van der Waals surface area contributed by atoms with Gasteiger partial charge in [0.15, 0.2) is 0 Å². The second kappa shape index (κ2) is 12.4. The molecule has 1 aromatic carbocycles. The van der Waals surface area contributed by atoms with Crippen LogP contribution in [0.2, 0.25) is 0 Å². The van der Waals surface area contributed by atoms with Gasteiger partial charge in [0.05, 0.1) is 22.3 Å². The summed E-state index contributed by atoms with van der Waals surface area (Å²) >= 11 is 0. The van der Waals surface area contributed by atoms with Crippen molar-refractivity contribution in [2.45, 2.75) is 96.1 Å². The highest BCUT2D eigenvalue weighted by Gasteiger charge is 2.33. The van der Waals surface area contributed by atoms with E-state index in [1.165, 1.54) is 19.3 Å². The number of nitrogens with two attached hydrogens (primary N) is 1. The minimum Gasteiger partial charge on any atom is -0.342 e. The van der Waals surface area contributed by atoms with Crippen LogP contribution in [0.1, 0.15) is 98.0 Å². The first kappa shape index (κ1) is 30.6. The lowest BCUT2D eigenvalue weighted by Gasteiger charge is -2.35. The van der Waals surface area contributed by atoms with Crippen molar-refractivity contribution in [1.29, 1.82) is 0 Å². The molecule has 0 spiro atoms. The molecule has 4 aliphatic rings. The van der Waals surface area contributed by atoms with Crippen LogP contribution >= 0.6 is 0 Å². The minimum atomic E-state index is -0.212. The van der Waals surface area contributed by atoms with E-state index >= 15 is 4.39 Å². The Kier molecular flexibility index (Phi) is 8.06. The Hall–Kier alpha value is -3.72. The average Bonchev–Trinajstić information content (AvgIpc) is 3.77. The molecule has 2 saturated carbocycles. The Morgan fingerprint density at radius 3 is 2.45 bits per heavy atom. The molecule has 2 aliphatic heterocycles. The van der Waals surface area contributed by atoms with Gasteiger partial charge in [-0.25, -0.2) is 8.91 Å². The van der Waals surface area contributed by atoms with E-state index in [2.05, 4.69) is 22.5 Å². The molecule has 4 fully saturated rings. The lowest BCUT2D eigenvalue weighted by atomic mass is 9.85. The Morgan fingerprint density at radius 2 is 1.70 bits per heavy atom. The van der Waals surface area contributed by atoms with Gasteiger partial charge in [0, 0.05) is 61.8 Å². The number of amides is 2. The number of aromatic nitrogens is 3. The van der Waals surface area contributed by atoms with Gasteiger partial charge in [-0.15, -0.1) is 0 Å². The van der Waals surface area contributed by atoms with E-state index in [-0.39, 0.29) is 29.6 Å². The Morgan fingerprint density at radius 1 is 0.915 bits per heavy atom. The van der Waals surface area contributed by atoms with Crippen LogP contribution in [0.4, 0.5) is 4.39 Å². The zero-order chi connectivity index (χ0) is 32.2. The third kappa shape index (κ3) is 5.85. The highest BCUT2D eigenvalue weighted by atomic mass is 19.1. The SMILES string of the molecule is Cc1c(-c2cc3cc(F)cc(C4CCN(C(=O)C5CCCCC5)CC4)c3n2CC2CC2)nn2cc(C(=O)N3CCC[C@@H](N)C3)ccc12. The van der Waals surface area contributed by atoms with Crippen LogP contribution in [0.25, 0.3) is 27.8 Å². The molecule has 1 atom stereocenters. The molecule has 0 radical (unpaired) electrons. The van der Waals surface area contributed by atoms with Gasteiger partial charge >= 0.3 is 0 Å². The van der Waals surface area contributed by atoms with Crippen molar-refractivity contribution in [2.24, 2.45) is 17.6 Å². The number of fused-ring (bicyclic) bond motifs is 2. The number of piperidine rings is 2. The lowest BCUT2D eigenvalue weighted by molar-refractivity contribution is -0.137. The molecule has 2 aliphatic carbocycles. The van der Waals surface area contributed by atoms with Crippen molar-refractivity contribution in [1.82, 2.24) is 24.0 Å². The first-order valence-corrected chi connectivity index (χ1v) is 18.0. The van der Waals surface area contributed by atoms with Crippen molar-refractivity contribution >= 4 is 28.2 Å². The van der Waals surface area contributed by atoms with E-state index in [1.807, 2.05) is 27.7 Å². The smallest absolute Gasteiger partial charge is 0.255 e. The fraction of sp³-hybridized carbons (Fsp3) is 0.553. The maximum atomic E-state index is 15.3. The Labute approximate surface area is 276 Å². The van der Waals surface area contributed by atoms with Gasteiger partial charge in [0.25, 0.3) is 5.91 Å². The van der Waals surface area contributed by atoms with Crippen LogP contribution < -0.4 is 5.73 Å². The number of aryl methyl sites for hydroxylation is 1. The Bertz CT molecular complexity index is 1820. The molecule has 3 aromatic heterocycles. The molecule has 8 nitrogen and oxygen atoms in total. The van der Waals surface area contributed by atoms with Crippen molar-refractivity contribution in [3.63, 3.8) is 0 Å². The number of hydrogen-bond acceptors (Lipinski definition) is 4. The summed E-state index contributed by atoms with van der Waals surface area (Å²) in [7, 11) is 0. The van der Waals surface area contributed by atoms with E-state index in [0.29, 0.717) is 23.9 Å². The Balaban J connectivity index is 1.13. The predicted octanol–water partition coefficient (Wildman–Crippen LogP) is 6.66. The number of hydrogen-bond donors (Lipinski definition) is 1. The fourth-order valence-corrected chi connectivity index (χ4v) is 8.60. The minimum absolute atomic E-state index is 0.00814. The van der Waals surface area contributed by atoms with Gasteiger partial charge in [0.2, 0.25) is 5.91 Å². The molecule has 47 heavy (non-hydrogen) atoms. The van der Waals surface area contributed by atoms with Crippen LogP contribution in [0.3, 0.4) is 0 Å². The number of carbonyl (C=O) groups excluding carboxylic acids is 2. The van der Waals surface area contributed by atoms with E-state index in [1.54, 1.807) is 12.1 Å². The number of carbonyl (C=O) groups is 2. The molecule has 9 heteroatoms. The zero-order valence-electron chi connectivity index (χ0n) is 27.6. The maximum absolute atomic E-state index is 15.3. The molecule has 4 aromatic rings. The number of likely N-dealkylation sites (tertiary alicyclic amines) is 2. The van der Waals surface area contributed by atoms with Crippen molar-refractivity contribution in [3.05, 3.63) is 59.0 Å². The molecule has 8 rings (SSSR count). The van der Waals surface area contributed by atoms with E-state index in [4.69, 9.17) is 10.8 Å². The molecule has 2 amide bonds. The van der Waals surface area contributed by atoms with E-state index < -0.39 is 0 Å². The van der Waals surface area contributed by atoms with Gasteiger partial charge in [-0.2, -0.15) is 5.10 Å². The van der Waals surface area contributed by atoms with E-state index in [9.17, 15) is 9.59 Å². The summed E-state index contributed by atoms with van der Waals surface area (Å²) in [5.41, 5.74) is 12.8. The molecule has 0 bridgehead atoms. The van der Waals surface area contributed by atoms with Crippen LogP contribution in [-0.4, -0.2) is 68.0 Å². The molecule has 0 unspecified atom stereocenters. The van der Waals surface area contributed by atoms with Crippen LogP contribution in [0.5, 0.6) is 0 Å². The molecule has 2 N–H and O–H groups in total. The molecule has 248 valence electrons. The zero-order valence-corrected chi connectivity index (χ0v) is 27.6. The van der Waals surface area contributed by atoms with Crippen LogP contribution in [0.15, 0.2) is 36.5 Å². The van der Waals surface area contributed by atoms with Crippen LogP contribution in [0, 0.1) is 24.6 Å². The van der Waals surface area contributed by atoms with Gasteiger partial charge in [0.1, 0.15) is 11.5 Å². The van der Waals surface area contributed by atoms with Gasteiger partial charge in [-0.05, 0) is 106 Å². The van der Waals surface area contributed by atoms with Crippen LogP contribution in [-0.2, 0) is 11.3 Å². The maximum Gasteiger partial charge on any atom is 0.255 e. The number of rotatable bonds is 6. The number of pyridine rings is 1. The molecule has 5 heterocycles. The fourth-order valence-electron chi connectivity index (χ4n) is 8.60. The highest BCUT2D eigenvalue weighted by molar-refractivity contribution is 5.95. The number of halogens is 1. The molecular weight excluding hydrogens is 591 g/mol. The summed E-state index contributed by atoms with van der Waals surface area (Å²) in [5, 5.41) is 5.98. The summed E-state index contributed by atoms with van der Waals surface area (Å²) in [6.45, 7) is 5.75. The van der Waals surface area contributed by atoms with Crippen molar-refractivity contribution in [2.75, 3.05) is 26.2 Å². The number of benzene rings is 1. The van der Waals surface area contributed by atoms with Gasteiger partial charge in [-0.1, -0.05) is 19.3 Å². The predicted molar refractivity (Wildman–Crippen MR) is 182 cm³/mol. The third-order valence-electron chi connectivity index (χ3n) is 11.4. The summed E-state index contributed by atoms with van der Waals surface area (Å²) in [6.07, 6.45) is 13.4. The van der Waals surface area contributed by atoms with Crippen molar-refractivity contribution in [3.8, 4) is 11.4 Å². The van der Waals surface area contributed by atoms with Gasteiger partial charge in [-0.3, -0.25) is 9.59 Å². The standard InChI is InChI=1S/C38H47FN6O2/c1-24-33-12-11-28(38(47)43-15-5-8-31(40)23-43)22-45(33)41-35(24)34-19-29-18-30(39)20-32(36(29)44(34)21-25-9-10-25)26-13-16-42(17-14-26)37(46)27-6-3-2-4-7-27/h11-12,18-20,22,25-27,31H,2-10,13-17,21,23,40H2,1H3/t31-/m1/s1. The average molecular weight is 639 g/mol. The monoisotopic (exact) mass is 638 g/mol. The van der Waals surface area contributed by atoms with E-state index in [0.717, 1.165) is 116 Å². The normalized spacial score (nSPS) is 21.6. The largest absolute Gasteiger partial charge is 0.342 e. The summed E-state index contributed by atoms with van der Waals surface area (Å²) in [5.74, 6) is 1.10. The first-order chi connectivity index (χ1) is 22.8. The first-order valence-electron chi connectivity index (χ1n) is 18.0. The summed E-state index contributed by atoms with van der Waals surface area (Å²) in [4.78, 5) is 30.6. The summed E-state index contributed by atoms with van der Waals surface area (Å²) < 4.78 is 19.6. The lowest BCUT2D eigenvalue weighted by Crippen LogP contribution is -2.45. The second-order valence-corrected chi connectivity index (χ2v) is 14.8. The third-order valence-corrected chi connectivity index (χ3v) is 11.4. The highest BCUT2D eigenvalue weighted by Crippen LogP contribution is 2.42. The number of nitrogens with zero attached hydrogens (tertiary/aromatic N) is 5. The summed E-state index contributed by atoms with van der Waals surface area (Å²) in [6, 6.07) is 9.44. The molecule has 2 saturated heterocycles. The quantitative estimate of drug-likeness (QED) is 0.256. The van der Waals surface area contributed by atoms with Gasteiger partial charge < -0.3 is 20.1 Å². The topological polar surface area (TPSA) is 88.9 Å². The second-order valence-electron chi connectivity index (χ2n) is 14.8. The molecular formula is C38H47FN6O2.